The van der Waals surface area contributed by atoms with Crippen molar-refractivity contribution < 1.29 is 0 Å². The van der Waals surface area contributed by atoms with Gasteiger partial charge in [-0.3, -0.25) is 0 Å². The number of nitrogens with zero attached hydrogens (tertiary/aromatic N) is 4. The first-order valence-electron chi connectivity index (χ1n) is 7.15. The predicted molar refractivity (Wildman–Crippen MR) is 80.0 cm³/mol. The van der Waals surface area contributed by atoms with Crippen LogP contribution in [0, 0.1) is 0 Å². The van der Waals surface area contributed by atoms with E-state index in [0.717, 1.165) is 37.3 Å². The predicted octanol–water partition coefficient (Wildman–Crippen LogP) is 2.61. The Morgan fingerprint density at radius 2 is 2.05 bits per heavy atom. The van der Waals surface area contributed by atoms with Crippen molar-refractivity contribution in [2.45, 2.75) is 32.6 Å². The topological polar surface area (TPSA) is 32.3 Å². The van der Waals surface area contributed by atoms with Gasteiger partial charge < -0.3 is 9.80 Å². The number of hydrogen-bond donors (Lipinski definition) is 0. The summed E-state index contributed by atoms with van der Waals surface area (Å²) in [6.45, 7) is 6.71. The third-order valence-electron chi connectivity index (χ3n) is 3.68. The zero-order valence-corrected chi connectivity index (χ0v) is 12.7. The molecule has 0 amide bonds. The average Bonchev–Trinajstić information content (AvgIpc) is 2.92. The van der Waals surface area contributed by atoms with Crippen LogP contribution in [-0.4, -0.2) is 48.1 Å². The summed E-state index contributed by atoms with van der Waals surface area (Å²) >= 11 is 6.19. The van der Waals surface area contributed by atoms with E-state index in [2.05, 4.69) is 33.7 Å². The molecule has 1 aromatic rings. The smallest absolute Gasteiger partial charge is 0.137 e. The van der Waals surface area contributed by atoms with Crippen molar-refractivity contribution in [2.24, 2.45) is 0 Å². The molecule has 0 atom stereocenters. The second-order valence-corrected chi connectivity index (χ2v) is 5.54. The first-order valence-corrected chi connectivity index (χ1v) is 7.53. The SMILES string of the molecule is CCCc1c(Cl)ncnc1N(C)CCN1CCCC1. The first-order chi connectivity index (χ1) is 9.22. The van der Waals surface area contributed by atoms with E-state index < -0.39 is 0 Å². The van der Waals surface area contributed by atoms with Crippen molar-refractivity contribution in [3.05, 3.63) is 17.0 Å². The van der Waals surface area contributed by atoms with Gasteiger partial charge in [0.1, 0.15) is 17.3 Å². The highest BCUT2D eigenvalue weighted by Gasteiger charge is 2.15. The number of likely N-dealkylation sites (tertiary alicyclic amines) is 1. The van der Waals surface area contributed by atoms with Gasteiger partial charge in [-0.25, -0.2) is 9.97 Å². The summed E-state index contributed by atoms with van der Waals surface area (Å²) in [5.74, 6) is 0.987. The van der Waals surface area contributed by atoms with E-state index in [9.17, 15) is 0 Å². The summed E-state index contributed by atoms with van der Waals surface area (Å²) in [4.78, 5) is 13.2. The molecule has 0 bridgehead atoms. The highest BCUT2D eigenvalue weighted by molar-refractivity contribution is 6.30. The standard InChI is InChI=1S/C14H23ClN4/c1-3-6-12-13(15)16-11-17-14(12)18(2)9-10-19-7-4-5-8-19/h11H,3-10H2,1-2H3. The molecule has 2 rings (SSSR count). The second kappa shape index (κ2) is 7.06. The minimum atomic E-state index is 0.597. The van der Waals surface area contributed by atoms with E-state index in [-0.39, 0.29) is 0 Å². The number of aromatic nitrogens is 2. The molecule has 0 unspecified atom stereocenters. The molecule has 2 heterocycles. The Bertz CT molecular complexity index is 404. The summed E-state index contributed by atoms with van der Waals surface area (Å²) in [6, 6.07) is 0. The molecule has 1 aliphatic heterocycles. The van der Waals surface area contributed by atoms with Gasteiger partial charge in [0.15, 0.2) is 0 Å². The number of likely N-dealkylation sites (N-methyl/N-ethyl adjacent to an activating group) is 1. The van der Waals surface area contributed by atoms with Crippen LogP contribution < -0.4 is 4.90 Å². The minimum absolute atomic E-state index is 0.597. The Morgan fingerprint density at radius 1 is 1.32 bits per heavy atom. The molecule has 1 aliphatic rings. The van der Waals surface area contributed by atoms with Gasteiger partial charge in [0.05, 0.1) is 0 Å². The van der Waals surface area contributed by atoms with Crippen molar-refractivity contribution in [1.82, 2.24) is 14.9 Å². The lowest BCUT2D eigenvalue weighted by atomic mass is 10.2. The Kier molecular flexibility index (Phi) is 5.40. The van der Waals surface area contributed by atoms with Gasteiger partial charge in [-0.2, -0.15) is 0 Å². The molecule has 1 saturated heterocycles. The minimum Gasteiger partial charge on any atom is -0.358 e. The van der Waals surface area contributed by atoms with Gasteiger partial charge in [0.2, 0.25) is 0 Å². The van der Waals surface area contributed by atoms with Gasteiger partial charge in [0, 0.05) is 25.7 Å². The van der Waals surface area contributed by atoms with E-state index in [1.807, 2.05) is 0 Å². The maximum absolute atomic E-state index is 6.19. The highest BCUT2D eigenvalue weighted by Crippen LogP contribution is 2.24. The lowest BCUT2D eigenvalue weighted by Crippen LogP contribution is -2.32. The zero-order chi connectivity index (χ0) is 13.7. The highest BCUT2D eigenvalue weighted by atomic mass is 35.5. The number of hydrogen-bond acceptors (Lipinski definition) is 4. The molecule has 0 N–H and O–H groups in total. The molecule has 1 aromatic heterocycles. The van der Waals surface area contributed by atoms with E-state index >= 15 is 0 Å². The summed E-state index contributed by atoms with van der Waals surface area (Å²) in [6.07, 6.45) is 6.22. The lowest BCUT2D eigenvalue weighted by Gasteiger charge is -2.24. The molecule has 0 aromatic carbocycles. The summed E-state index contributed by atoms with van der Waals surface area (Å²) in [5, 5.41) is 0.597. The normalized spacial score (nSPS) is 15.9. The van der Waals surface area contributed by atoms with Crippen molar-refractivity contribution in [2.75, 3.05) is 38.1 Å². The van der Waals surface area contributed by atoms with Gasteiger partial charge in [-0.1, -0.05) is 24.9 Å². The Morgan fingerprint density at radius 3 is 2.74 bits per heavy atom. The van der Waals surface area contributed by atoms with Crippen LogP contribution in [0.3, 0.4) is 0 Å². The van der Waals surface area contributed by atoms with Crippen LogP contribution in [0.15, 0.2) is 6.33 Å². The van der Waals surface area contributed by atoms with Crippen molar-refractivity contribution in [3.63, 3.8) is 0 Å². The Hall–Kier alpha value is -0.870. The molecular weight excluding hydrogens is 260 g/mol. The summed E-state index contributed by atoms with van der Waals surface area (Å²) < 4.78 is 0. The van der Waals surface area contributed by atoms with Gasteiger partial charge in [0.25, 0.3) is 0 Å². The quantitative estimate of drug-likeness (QED) is 0.751. The van der Waals surface area contributed by atoms with Crippen molar-refractivity contribution >= 4 is 17.4 Å². The average molecular weight is 283 g/mol. The molecule has 0 aliphatic carbocycles. The fourth-order valence-corrected chi connectivity index (χ4v) is 2.80. The van der Waals surface area contributed by atoms with Crippen LogP contribution in [0.1, 0.15) is 31.7 Å². The first kappa shape index (κ1) is 14.5. The molecule has 106 valence electrons. The van der Waals surface area contributed by atoms with E-state index in [4.69, 9.17) is 11.6 Å². The summed E-state index contributed by atoms with van der Waals surface area (Å²) in [7, 11) is 2.09. The Balaban J connectivity index is 2.00. The molecule has 19 heavy (non-hydrogen) atoms. The molecule has 1 fully saturated rings. The van der Waals surface area contributed by atoms with Crippen LogP contribution in [-0.2, 0) is 6.42 Å². The largest absolute Gasteiger partial charge is 0.358 e. The molecule has 4 nitrogen and oxygen atoms in total. The fourth-order valence-electron chi connectivity index (χ4n) is 2.58. The van der Waals surface area contributed by atoms with Crippen LogP contribution in [0.25, 0.3) is 0 Å². The van der Waals surface area contributed by atoms with Crippen molar-refractivity contribution in [1.29, 1.82) is 0 Å². The lowest BCUT2D eigenvalue weighted by molar-refractivity contribution is 0.346. The second-order valence-electron chi connectivity index (χ2n) is 5.19. The number of halogens is 1. The summed E-state index contributed by atoms with van der Waals surface area (Å²) in [5.41, 5.74) is 1.08. The molecular formula is C14H23ClN4. The van der Waals surface area contributed by atoms with Crippen LogP contribution in [0.4, 0.5) is 5.82 Å². The number of anilines is 1. The van der Waals surface area contributed by atoms with Crippen molar-refractivity contribution in [3.8, 4) is 0 Å². The molecule has 0 saturated carbocycles. The van der Waals surface area contributed by atoms with Gasteiger partial charge in [-0.05, 0) is 32.4 Å². The zero-order valence-electron chi connectivity index (χ0n) is 11.9. The molecule has 5 heteroatoms. The Labute approximate surface area is 120 Å². The van der Waals surface area contributed by atoms with E-state index in [1.54, 1.807) is 6.33 Å². The monoisotopic (exact) mass is 282 g/mol. The maximum atomic E-state index is 6.19. The van der Waals surface area contributed by atoms with Gasteiger partial charge in [-0.15, -0.1) is 0 Å². The third kappa shape index (κ3) is 3.80. The van der Waals surface area contributed by atoms with Gasteiger partial charge >= 0.3 is 0 Å². The van der Waals surface area contributed by atoms with Crippen LogP contribution in [0.5, 0.6) is 0 Å². The third-order valence-corrected chi connectivity index (χ3v) is 4.01. The number of rotatable bonds is 6. The maximum Gasteiger partial charge on any atom is 0.137 e. The van der Waals surface area contributed by atoms with E-state index in [0.29, 0.717) is 5.15 Å². The van der Waals surface area contributed by atoms with E-state index in [1.165, 1.54) is 25.9 Å². The molecule has 0 spiro atoms. The molecule has 0 radical (unpaired) electrons. The fraction of sp³-hybridized carbons (Fsp3) is 0.714. The van der Waals surface area contributed by atoms with Crippen LogP contribution in [0.2, 0.25) is 5.15 Å². The van der Waals surface area contributed by atoms with Crippen LogP contribution >= 0.6 is 11.6 Å².